The van der Waals surface area contributed by atoms with Gasteiger partial charge in [0.1, 0.15) is 6.33 Å². The van der Waals surface area contributed by atoms with Crippen LogP contribution in [0, 0.1) is 6.92 Å². The van der Waals surface area contributed by atoms with Crippen molar-refractivity contribution in [2.45, 2.75) is 13.3 Å². The molecule has 4 aromatic rings. The van der Waals surface area contributed by atoms with Crippen molar-refractivity contribution >= 4 is 5.91 Å². The largest absolute Gasteiger partial charge is 0.481 e. The lowest BCUT2D eigenvalue weighted by atomic mass is 10.0. The van der Waals surface area contributed by atoms with Crippen molar-refractivity contribution in [2.75, 3.05) is 7.11 Å². The molecule has 4 rings (SSSR count). The molecule has 3 aromatic heterocycles. The molecule has 8 heteroatoms. The number of methoxy groups -OCH3 is 1. The Morgan fingerprint density at radius 3 is 2.44 bits per heavy atom. The highest BCUT2D eigenvalue weighted by molar-refractivity contribution is 5.93. The van der Waals surface area contributed by atoms with E-state index < -0.39 is 0 Å². The number of hydrogen-bond donors (Lipinski definition) is 1. The van der Waals surface area contributed by atoms with Gasteiger partial charge >= 0.3 is 0 Å². The Labute approximate surface area is 185 Å². The smallest absolute Gasteiger partial charge is 0.283 e. The highest BCUT2D eigenvalue weighted by Gasteiger charge is 2.17. The number of nitrogens with one attached hydrogen (secondary N) is 1. The van der Waals surface area contributed by atoms with Crippen molar-refractivity contribution in [2.24, 2.45) is 0 Å². The van der Waals surface area contributed by atoms with Gasteiger partial charge in [0.25, 0.3) is 5.91 Å². The summed E-state index contributed by atoms with van der Waals surface area (Å²) in [5.41, 5.74) is 6.96. The first-order valence-electron chi connectivity index (χ1n) is 9.90. The standard InChI is InChI=1S/C24H21N5O3/c1-16-22(20-12-25-15-26-13-20)28-14-19(10-17-8-9-21(31-2)27-11-17)23(16)32-29-24(30)18-6-4-3-5-7-18/h3-9,11-15H,10H2,1-2H3,(H,29,30). The number of rotatable bonds is 7. The maximum absolute atomic E-state index is 12.5. The fourth-order valence-electron chi connectivity index (χ4n) is 3.23. The fourth-order valence-corrected chi connectivity index (χ4v) is 3.23. The SMILES string of the molecule is COc1ccc(Cc2cnc(-c3cncnc3)c(C)c2ONC(=O)c2ccccc2)cn1. The molecular formula is C24H21N5O3. The van der Waals surface area contributed by atoms with Crippen molar-refractivity contribution in [3.8, 4) is 22.9 Å². The van der Waals surface area contributed by atoms with Gasteiger partial charge in [-0.15, -0.1) is 0 Å². The molecule has 0 aliphatic carbocycles. The summed E-state index contributed by atoms with van der Waals surface area (Å²) in [6.45, 7) is 1.88. The topological polar surface area (TPSA) is 99.1 Å². The minimum atomic E-state index is -0.344. The lowest BCUT2D eigenvalue weighted by Gasteiger charge is -2.16. The molecule has 0 radical (unpaired) electrons. The third kappa shape index (κ3) is 4.70. The van der Waals surface area contributed by atoms with E-state index in [9.17, 15) is 4.79 Å². The lowest BCUT2D eigenvalue weighted by molar-refractivity contribution is 0.0757. The number of carbonyl (C=O) groups excluding carboxylic acids is 1. The third-order valence-corrected chi connectivity index (χ3v) is 4.85. The van der Waals surface area contributed by atoms with Gasteiger partial charge in [-0.3, -0.25) is 9.78 Å². The number of amides is 1. The van der Waals surface area contributed by atoms with Crippen LogP contribution in [0.4, 0.5) is 0 Å². The van der Waals surface area contributed by atoms with Gasteiger partial charge in [0.2, 0.25) is 5.88 Å². The van der Waals surface area contributed by atoms with E-state index in [2.05, 4.69) is 25.4 Å². The van der Waals surface area contributed by atoms with Crippen LogP contribution in [0.2, 0.25) is 0 Å². The third-order valence-electron chi connectivity index (χ3n) is 4.85. The predicted octanol–water partition coefficient (Wildman–Crippen LogP) is 3.57. The number of hydroxylamine groups is 1. The highest BCUT2D eigenvalue weighted by Crippen LogP contribution is 2.31. The summed E-state index contributed by atoms with van der Waals surface area (Å²) in [4.78, 5) is 35.4. The number of aromatic nitrogens is 4. The minimum Gasteiger partial charge on any atom is -0.481 e. The van der Waals surface area contributed by atoms with Crippen LogP contribution in [-0.4, -0.2) is 33.0 Å². The highest BCUT2D eigenvalue weighted by atomic mass is 16.7. The zero-order valence-electron chi connectivity index (χ0n) is 17.6. The first kappa shape index (κ1) is 20.9. The van der Waals surface area contributed by atoms with Crippen molar-refractivity contribution in [3.63, 3.8) is 0 Å². The monoisotopic (exact) mass is 427 g/mol. The summed E-state index contributed by atoms with van der Waals surface area (Å²) >= 11 is 0. The summed E-state index contributed by atoms with van der Waals surface area (Å²) in [6.07, 6.45) is 8.79. The predicted molar refractivity (Wildman–Crippen MR) is 118 cm³/mol. The van der Waals surface area contributed by atoms with Crippen molar-refractivity contribution in [1.82, 2.24) is 25.4 Å². The number of hydrogen-bond acceptors (Lipinski definition) is 7. The molecule has 0 unspecified atom stereocenters. The minimum absolute atomic E-state index is 0.344. The van der Waals surface area contributed by atoms with Gasteiger partial charge in [-0.05, 0) is 24.6 Å². The molecule has 1 aromatic carbocycles. The average molecular weight is 427 g/mol. The van der Waals surface area contributed by atoms with E-state index in [1.54, 1.807) is 62.2 Å². The number of carbonyl (C=O) groups is 1. The Morgan fingerprint density at radius 2 is 1.75 bits per heavy atom. The van der Waals surface area contributed by atoms with Crippen LogP contribution in [0.1, 0.15) is 27.0 Å². The van der Waals surface area contributed by atoms with E-state index in [0.717, 1.165) is 22.3 Å². The molecule has 1 amide bonds. The Hall–Kier alpha value is -4.33. The fraction of sp³-hybridized carbons (Fsp3) is 0.125. The summed E-state index contributed by atoms with van der Waals surface area (Å²) in [5, 5.41) is 0. The van der Waals surface area contributed by atoms with Crippen LogP contribution in [0.25, 0.3) is 11.3 Å². The molecule has 1 N–H and O–H groups in total. The van der Waals surface area contributed by atoms with Crippen molar-refractivity contribution < 1.29 is 14.4 Å². The molecule has 0 aliphatic rings. The van der Waals surface area contributed by atoms with E-state index >= 15 is 0 Å². The van der Waals surface area contributed by atoms with Crippen molar-refractivity contribution in [3.05, 3.63) is 95.8 Å². The molecule has 0 fully saturated rings. The quantitative estimate of drug-likeness (QED) is 0.450. The molecule has 0 bridgehead atoms. The Morgan fingerprint density at radius 1 is 0.969 bits per heavy atom. The molecule has 32 heavy (non-hydrogen) atoms. The molecule has 3 heterocycles. The summed E-state index contributed by atoms with van der Waals surface area (Å²) in [5.74, 6) is 0.705. The van der Waals surface area contributed by atoms with Crippen LogP contribution in [0.15, 0.2) is 73.6 Å². The first-order chi connectivity index (χ1) is 15.7. The molecule has 160 valence electrons. The van der Waals surface area contributed by atoms with Gasteiger partial charge in [0.05, 0.1) is 12.8 Å². The summed E-state index contributed by atoms with van der Waals surface area (Å²) in [6, 6.07) is 12.6. The van der Waals surface area contributed by atoms with Gasteiger partial charge in [-0.1, -0.05) is 24.3 Å². The normalized spacial score (nSPS) is 10.4. The van der Waals surface area contributed by atoms with Gasteiger partial charge in [-0.25, -0.2) is 15.0 Å². The Kier molecular flexibility index (Phi) is 6.31. The van der Waals surface area contributed by atoms with E-state index in [1.807, 2.05) is 19.1 Å². The molecule has 0 spiro atoms. The van der Waals surface area contributed by atoms with Crippen LogP contribution in [0.5, 0.6) is 11.6 Å². The van der Waals surface area contributed by atoms with Crippen LogP contribution < -0.4 is 15.1 Å². The lowest BCUT2D eigenvalue weighted by Crippen LogP contribution is -2.28. The van der Waals surface area contributed by atoms with E-state index in [4.69, 9.17) is 9.57 Å². The van der Waals surface area contributed by atoms with E-state index in [0.29, 0.717) is 29.3 Å². The molecule has 0 saturated heterocycles. The van der Waals surface area contributed by atoms with Crippen LogP contribution in [0.3, 0.4) is 0 Å². The Balaban J connectivity index is 1.66. The van der Waals surface area contributed by atoms with Gasteiger partial charge in [-0.2, -0.15) is 5.48 Å². The van der Waals surface area contributed by atoms with E-state index in [-0.39, 0.29) is 5.91 Å². The summed E-state index contributed by atoms with van der Waals surface area (Å²) in [7, 11) is 1.57. The number of nitrogens with zero attached hydrogens (tertiary/aromatic N) is 4. The molecule has 0 atom stereocenters. The van der Waals surface area contributed by atoms with Crippen molar-refractivity contribution in [1.29, 1.82) is 0 Å². The first-order valence-corrected chi connectivity index (χ1v) is 9.90. The van der Waals surface area contributed by atoms with Gasteiger partial charge in [0.15, 0.2) is 5.75 Å². The number of benzene rings is 1. The Bertz CT molecular complexity index is 1200. The number of pyridine rings is 2. The maximum atomic E-state index is 12.5. The second kappa shape index (κ2) is 9.65. The van der Waals surface area contributed by atoms with Crippen LogP contribution >= 0.6 is 0 Å². The second-order valence-electron chi connectivity index (χ2n) is 7.00. The van der Waals surface area contributed by atoms with E-state index in [1.165, 1.54) is 6.33 Å². The summed E-state index contributed by atoms with van der Waals surface area (Å²) < 4.78 is 5.13. The average Bonchev–Trinajstić information content (AvgIpc) is 2.85. The van der Waals surface area contributed by atoms with Gasteiger partial charge < -0.3 is 9.57 Å². The zero-order chi connectivity index (χ0) is 22.3. The van der Waals surface area contributed by atoms with Crippen LogP contribution in [-0.2, 0) is 6.42 Å². The molecule has 8 nitrogen and oxygen atoms in total. The molecule has 0 saturated carbocycles. The second-order valence-corrected chi connectivity index (χ2v) is 7.00. The zero-order valence-corrected chi connectivity index (χ0v) is 17.6. The van der Waals surface area contributed by atoms with Gasteiger partial charge in [0, 0.05) is 59.5 Å². The molecule has 0 aliphatic heterocycles. The molecular weight excluding hydrogens is 406 g/mol. The maximum Gasteiger partial charge on any atom is 0.283 e. The number of ether oxygens (including phenoxy) is 1.